The molecule has 120 valence electrons. The zero-order valence-corrected chi connectivity index (χ0v) is 12.7. The number of hydrazone groups is 1. The third kappa shape index (κ3) is 3.05. The minimum Gasteiger partial charge on any atom is -0.350 e. The second kappa shape index (κ2) is 6.41. The van der Waals surface area contributed by atoms with Gasteiger partial charge in [-0.05, 0) is 35.9 Å². The van der Waals surface area contributed by atoms with E-state index in [1.807, 2.05) is 0 Å². The number of carbonyl (C=O) groups excluding carboxylic acids is 1. The molecule has 2 aromatic heterocycles. The highest BCUT2D eigenvalue weighted by Crippen LogP contribution is 2.12. The van der Waals surface area contributed by atoms with E-state index >= 15 is 0 Å². The van der Waals surface area contributed by atoms with Crippen LogP contribution in [0, 0.1) is 5.82 Å². The second-order valence-electron chi connectivity index (χ2n) is 5.12. The molecule has 0 saturated heterocycles. The molecule has 0 aliphatic carbocycles. The minimum absolute atomic E-state index is 0.109. The van der Waals surface area contributed by atoms with Crippen LogP contribution in [0.15, 0.2) is 58.8 Å². The molecule has 2 heterocycles. The molecule has 1 aromatic carbocycles. The van der Waals surface area contributed by atoms with Crippen LogP contribution in [-0.4, -0.2) is 21.7 Å². The lowest BCUT2D eigenvalue weighted by Crippen LogP contribution is -2.26. The summed E-state index contributed by atoms with van der Waals surface area (Å²) >= 11 is 0. The van der Waals surface area contributed by atoms with E-state index in [-0.39, 0.29) is 10.9 Å². The third-order valence-corrected chi connectivity index (χ3v) is 3.48. The van der Waals surface area contributed by atoms with Crippen LogP contribution in [-0.2, 0) is 7.05 Å². The molecule has 0 atom stereocenters. The number of benzene rings is 1. The van der Waals surface area contributed by atoms with Crippen molar-refractivity contribution in [2.24, 2.45) is 12.1 Å². The Kier molecular flexibility index (Phi) is 4.15. The van der Waals surface area contributed by atoms with E-state index in [9.17, 15) is 14.0 Å². The first-order chi connectivity index (χ1) is 11.6. The summed E-state index contributed by atoms with van der Waals surface area (Å²) in [5, 5.41) is 3.95. The van der Waals surface area contributed by atoms with Gasteiger partial charge in [0.05, 0.1) is 11.7 Å². The van der Waals surface area contributed by atoms with E-state index in [1.165, 1.54) is 24.5 Å². The van der Waals surface area contributed by atoms with E-state index in [0.717, 1.165) is 11.6 Å². The fraction of sp³-hybridized carbons (Fsp3) is 0.0588. The zero-order chi connectivity index (χ0) is 17.1. The van der Waals surface area contributed by atoms with Crippen molar-refractivity contribution in [1.29, 1.82) is 0 Å². The maximum Gasteiger partial charge on any atom is 0.276 e. The predicted octanol–water partition coefficient (Wildman–Crippen LogP) is 1.84. The highest BCUT2D eigenvalue weighted by molar-refractivity contribution is 5.97. The lowest BCUT2D eigenvalue weighted by molar-refractivity contribution is 0.0953. The molecule has 7 heteroatoms. The predicted molar refractivity (Wildman–Crippen MR) is 88.4 cm³/mol. The van der Waals surface area contributed by atoms with Gasteiger partial charge < -0.3 is 4.57 Å². The van der Waals surface area contributed by atoms with Crippen LogP contribution in [0.3, 0.4) is 0 Å². The van der Waals surface area contributed by atoms with Crippen LogP contribution in [0.1, 0.15) is 15.9 Å². The highest BCUT2D eigenvalue weighted by Gasteiger charge is 2.14. The molecule has 0 spiro atoms. The summed E-state index contributed by atoms with van der Waals surface area (Å²) in [7, 11) is 1.68. The molecule has 0 saturated carbocycles. The van der Waals surface area contributed by atoms with Crippen LogP contribution in [0.5, 0.6) is 0 Å². The number of hydrogen-bond donors (Lipinski definition) is 1. The monoisotopic (exact) mass is 324 g/mol. The fourth-order valence-electron chi connectivity index (χ4n) is 2.30. The summed E-state index contributed by atoms with van der Waals surface area (Å²) in [5.74, 6) is -1.19. The molecule has 0 aliphatic heterocycles. The average Bonchev–Trinajstić information content (AvgIpc) is 2.58. The summed E-state index contributed by atoms with van der Waals surface area (Å²) in [6.07, 6.45) is 6.03. The number of aryl methyl sites for hydroxylation is 1. The Morgan fingerprint density at radius 2 is 2.04 bits per heavy atom. The molecule has 6 nitrogen and oxygen atoms in total. The van der Waals surface area contributed by atoms with Crippen molar-refractivity contribution in [3.05, 3.63) is 76.1 Å². The first kappa shape index (κ1) is 15.5. The van der Waals surface area contributed by atoms with Gasteiger partial charge in [-0.25, -0.2) is 9.82 Å². The summed E-state index contributed by atoms with van der Waals surface area (Å²) in [6, 6.07) is 7.31. The molecule has 1 N–H and O–H groups in total. The smallest absolute Gasteiger partial charge is 0.276 e. The van der Waals surface area contributed by atoms with Crippen LogP contribution >= 0.6 is 0 Å². The second-order valence-corrected chi connectivity index (χ2v) is 5.12. The Bertz CT molecular complexity index is 997. The lowest BCUT2D eigenvalue weighted by Gasteiger charge is -2.08. The van der Waals surface area contributed by atoms with Crippen molar-refractivity contribution in [3.63, 3.8) is 0 Å². The molecule has 0 radical (unpaired) electrons. The Morgan fingerprint density at radius 1 is 1.29 bits per heavy atom. The van der Waals surface area contributed by atoms with Gasteiger partial charge in [-0.3, -0.25) is 14.6 Å². The van der Waals surface area contributed by atoms with Gasteiger partial charge in [0.1, 0.15) is 11.4 Å². The first-order valence-electron chi connectivity index (χ1n) is 7.08. The van der Waals surface area contributed by atoms with Crippen LogP contribution in [0.25, 0.3) is 10.9 Å². The number of carbonyl (C=O) groups is 1. The summed E-state index contributed by atoms with van der Waals surface area (Å²) in [6.45, 7) is 0. The summed E-state index contributed by atoms with van der Waals surface area (Å²) in [4.78, 5) is 28.5. The van der Waals surface area contributed by atoms with Gasteiger partial charge in [-0.15, -0.1) is 0 Å². The molecule has 0 unspecified atom stereocenters. The van der Waals surface area contributed by atoms with Gasteiger partial charge >= 0.3 is 0 Å². The van der Waals surface area contributed by atoms with E-state index in [0.29, 0.717) is 5.52 Å². The topological polar surface area (TPSA) is 76.3 Å². The van der Waals surface area contributed by atoms with E-state index in [2.05, 4.69) is 15.5 Å². The average molecular weight is 324 g/mol. The number of nitrogens with one attached hydrogen (secondary N) is 1. The SMILES string of the molecule is Cn1cc(C(=O)N/N=C/c2ccncc2)c(=O)c2cc(F)ccc21. The molecule has 0 fully saturated rings. The Hall–Kier alpha value is -3.35. The minimum atomic E-state index is -0.660. The molecule has 0 aliphatic rings. The van der Waals surface area contributed by atoms with Crippen molar-refractivity contribution in [2.45, 2.75) is 0 Å². The van der Waals surface area contributed by atoms with E-state index in [1.54, 1.807) is 36.1 Å². The molecular formula is C17H13FN4O2. The Morgan fingerprint density at radius 3 is 2.79 bits per heavy atom. The van der Waals surface area contributed by atoms with E-state index < -0.39 is 17.2 Å². The van der Waals surface area contributed by atoms with Gasteiger partial charge in [0.2, 0.25) is 5.43 Å². The number of hydrogen-bond acceptors (Lipinski definition) is 4. The van der Waals surface area contributed by atoms with Gasteiger partial charge in [0, 0.05) is 31.0 Å². The largest absolute Gasteiger partial charge is 0.350 e. The number of aromatic nitrogens is 2. The number of rotatable bonds is 3. The first-order valence-corrected chi connectivity index (χ1v) is 7.08. The number of fused-ring (bicyclic) bond motifs is 1. The van der Waals surface area contributed by atoms with Crippen molar-refractivity contribution in [3.8, 4) is 0 Å². The molecule has 0 bridgehead atoms. The number of pyridine rings is 2. The van der Waals surface area contributed by atoms with Crippen molar-refractivity contribution in [1.82, 2.24) is 15.0 Å². The zero-order valence-electron chi connectivity index (χ0n) is 12.7. The molecule has 1 amide bonds. The lowest BCUT2D eigenvalue weighted by atomic mass is 10.1. The van der Waals surface area contributed by atoms with Crippen molar-refractivity contribution < 1.29 is 9.18 Å². The van der Waals surface area contributed by atoms with Crippen LogP contribution < -0.4 is 10.9 Å². The number of nitrogens with zero attached hydrogens (tertiary/aromatic N) is 3. The molecule has 3 aromatic rings. The standard InChI is InChI=1S/C17H13FN4O2/c1-22-10-14(16(23)13-8-12(18)2-3-15(13)22)17(24)21-20-9-11-4-6-19-7-5-11/h2-10H,1H3,(H,21,24)/b20-9+. The maximum atomic E-state index is 13.4. The number of halogens is 1. The van der Waals surface area contributed by atoms with Crippen molar-refractivity contribution >= 4 is 23.0 Å². The van der Waals surface area contributed by atoms with Gasteiger partial charge in [-0.1, -0.05) is 0 Å². The van der Waals surface area contributed by atoms with Crippen LogP contribution in [0.2, 0.25) is 0 Å². The van der Waals surface area contributed by atoms with Gasteiger partial charge in [0.25, 0.3) is 5.91 Å². The van der Waals surface area contributed by atoms with Crippen molar-refractivity contribution in [2.75, 3.05) is 0 Å². The Balaban J connectivity index is 1.91. The van der Waals surface area contributed by atoms with Gasteiger partial charge in [-0.2, -0.15) is 5.10 Å². The quantitative estimate of drug-likeness (QED) is 0.590. The summed E-state index contributed by atoms with van der Waals surface area (Å²) < 4.78 is 15.0. The molecule has 3 rings (SSSR count). The molecule has 24 heavy (non-hydrogen) atoms. The highest BCUT2D eigenvalue weighted by atomic mass is 19.1. The fourth-order valence-corrected chi connectivity index (χ4v) is 2.30. The Labute approximate surface area is 136 Å². The third-order valence-electron chi connectivity index (χ3n) is 3.48. The number of amides is 1. The van der Waals surface area contributed by atoms with Crippen LogP contribution in [0.4, 0.5) is 4.39 Å². The normalized spacial score (nSPS) is 11.1. The maximum absolute atomic E-state index is 13.4. The van der Waals surface area contributed by atoms with E-state index in [4.69, 9.17) is 0 Å². The molecular weight excluding hydrogens is 311 g/mol. The van der Waals surface area contributed by atoms with Gasteiger partial charge in [0.15, 0.2) is 0 Å². The summed E-state index contributed by atoms with van der Waals surface area (Å²) in [5.41, 5.74) is 2.94.